The normalized spacial score (nSPS) is 15.1. The molecule has 0 aromatic carbocycles. The van der Waals surface area contributed by atoms with Gasteiger partial charge in [0, 0.05) is 19.5 Å². The van der Waals surface area contributed by atoms with Crippen LogP contribution in [0.1, 0.15) is 32.1 Å². The minimum absolute atomic E-state index is 0.324. The predicted molar refractivity (Wildman–Crippen MR) is 67.3 cm³/mol. The van der Waals surface area contributed by atoms with Gasteiger partial charge in [-0.05, 0) is 12.8 Å². The van der Waals surface area contributed by atoms with Crippen molar-refractivity contribution in [2.24, 2.45) is 0 Å². The number of amides is 1. The van der Waals surface area contributed by atoms with Crippen molar-refractivity contribution >= 4 is 12.1 Å². The van der Waals surface area contributed by atoms with E-state index in [1.54, 1.807) is 4.90 Å². The summed E-state index contributed by atoms with van der Waals surface area (Å²) in [7, 11) is 0. The maximum absolute atomic E-state index is 12.4. The second-order valence-electron chi connectivity index (χ2n) is 4.60. The second-order valence-corrected chi connectivity index (χ2v) is 4.60. The van der Waals surface area contributed by atoms with Crippen molar-refractivity contribution < 1.29 is 32.2 Å². The Hall–Kier alpha value is -1.73. The van der Waals surface area contributed by atoms with Crippen LogP contribution in [0, 0.1) is 0 Å². The van der Waals surface area contributed by atoms with E-state index in [0.29, 0.717) is 13.1 Å². The minimum Gasteiger partial charge on any atom is -0.434 e. The Bertz CT molecular complexity index is 389. The van der Waals surface area contributed by atoms with Crippen LogP contribution in [-0.4, -0.2) is 43.3 Å². The molecule has 1 aliphatic rings. The Labute approximate surface area is 120 Å². The van der Waals surface area contributed by atoms with Crippen LogP contribution < -0.4 is 0 Å². The lowest BCUT2D eigenvalue weighted by Gasteiger charge is -2.19. The minimum atomic E-state index is -2.44. The summed E-state index contributed by atoms with van der Waals surface area (Å²) in [5.41, 5.74) is 0. The third kappa shape index (κ3) is 7.01. The topological polar surface area (TPSA) is 55.8 Å². The van der Waals surface area contributed by atoms with Gasteiger partial charge in [-0.15, -0.1) is 0 Å². The summed E-state index contributed by atoms with van der Waals surface area (Å²) in [6.07, 6.45) is -0.382. The highest BCUT2D eigenvalue weighted by Gasteiger charge is 2.17. The second kappa shape index (κ2) is 9.25. The molecular weight excluding hydrogens is 291 g/mol. The third-order valence-corrected chi connectivity index (χ3v) is 3.02. The van der Waals surface area contributed by atoms with Crippen LogP contribution in [0.15, 0.2) is 11.9 Å². The molecule has 1 fully saturated rings. The van der Waals surface area contributed by atoms with Crippen LogP contribution in [0.3, 0.4) is 0 Å². The molecule has 1 heterocycles. The van der Waals surface area contributed by atoms with Gasteiger partial charge in [0.1, 0.15) is 6.61 Å². The first kappa shape index (κ1) is 17.3. The van der Waals surface area contributed by atoms with Crippen LogP contribution in [0.2, 0.25) is 0 Å². The molecule has 0 spiro atoms. The van der Waals surface area contributed by atoms with Crippen molar-refractivity contribution in [1.82, 2.24) is 4.90 Å². The van der Waals surface area contributed by atoms with Gasteiger partial charge in [0.05, 0.1) is 0 Å². The zero-order valence-corrected chi connectivity index (χ0v) is 11.6. The zero-order chi connectivity index (χ0) is 15.7. The molecule has 0 aromatic heterocycles. The van der Waals surface area contributed by atoms with Gasteiger partial charge >= 0.3 is 12.2 Å². The first-order valence-corrected chi connectivity index (χ1v) is 6.77. The summed E-state index contributed by atoms with van der Waals surface area (Å²) in [5, 5.41) is 0. The molecule has 0 atom stereocenters. The highest BCUT2D eigenvalue weighted by atomic mass is 19.3. The van der Waals surface area contributed by atoms with Crippen LogP contribution in [0.5, 0.6) is 0 Å². The molecule has 21 heavy (non-hydrogen) atoms. The Balaban J connectivity index is 2.20. The molecule has 1 amide bonds. The van der Waals surface area contributed by atoms with E-state index in [1.807, 2.05) is 0 Å². The molecule has 120 valence electrons. The lowest BCUT2D eigenvalue weighted by molar-refractivity contribution is -0.135. The number of nitrogens with zero attached hydrogens (tertiary/aromatic N) is 1. The van der Waals surface area contributed by atoms with Gasteiger partial charge < -0.3 is 14.4 Å². The van der Waals surface area contributed by atoms with E-state index in [0.717, 1.165) is 25.7 Å². The summed E-state index contributed by atoms with van der Waals surface area (Å²) in [6, 6.07) is 0. The lowest BCUT2D eigenvalue weighted by Crippen LogP contribution is -2.35. The Morgan fingerprint density at radius 2 is 1.57 bits per heavy atom. The number of hydrogen-bond donors (Lipinski definition) is 0. The van der Waals surface area contributed by atoms with Gasteiger partial charge in [-0.25, -0.2) is 9.18 Å². The molecule has 1 aliphatic heterocycles. The van der Waals surface area contributed by atoms with Gasteiger partial charge in [-0.1, -0.05) is 12.8 Å². The van der Waals surface area contributed by atoms with Gasteiger partial charge in [-0.2, -0.15) is 8.78 Å². The number of carbonyl (C=O) groups excluding carboxylic acids is 2. The van der Waals surface area contributed by atoms with Crippen molar-refractivity contribution in [2.45, 2.75) is 32.1 Å². The Kier molecular flexibility index (Phi) is 7.63. The van der Waals surface area contributed by atoms with E-state index in [2.05, 4.69) is 9.47 Å². The maximum atomic E-state index is 12.4. The molecule has 0 aromatic rings. The van der Waals surface area contributed by atoms with E-state index in [9.17, 15) is 22.8 Å². The Morgan fingerprint density at radius 1 is 0.952 bits per heavy atom. The van der Waals surface area contributed by atoms with E-state index >= 15 is 0 Å². The fourth-order valence-corrected chi connectivity index (χ4v) is 1.89. The van der Waals surface area contributed by atoms with E-state index < -0.39 is 37.7 Å². The quantitative estimate of drug-likeness (QED) is 0.733. The van der Waals surface area contributed by atoms with Gasteiger partial charge in [0.25, 0.3) is 5.91 Å². The fraction of sp³-hybridized carbons (Fsp3) is 0.692. The Morgan fingerprint density at radius 3 is 2.14 bits per heavy atom. The predicted octanol–water partition coefficient (Wildman–Crippen LogP) is 3.01. The summed E-state index contributed by atoms with van der Waals surface area (Å²) in [6.45, 7) is 0.223. The van der Waals surface area contributed by atoms with Gasteiger partial charge in [0.15, 0.2) is 12.4 Å². The summed E-state index contributed by atoms with van der Waals surface area (Å²) >= 11 is 0. The molecule has 0 saturated carbocycles. The lowest BCUT2D eigenvalue weighted by atomic mass is 10.2. The van der Waals surface area contributed by atoms with Crippen LogP contribution >= 0.6 is 0 Å². The molecule has 5 nitrogen and oxygen atoms in total. The molecule has 0 bridgehead atoms. The zero-order valence-electron chi connectivity index (χ0n) is 11.6. The average molecular weight is 309 g/mol. The number of halogens is 3. The van der Waals surface area contributed by atoms with Gasteiger partial charge in [0.2, 0.25) is 0 Å². The number of likely N-dealkylation sites (tertiary alicyclic amines) is 1. The van der Waals surface area contributed by atoms with E-state index in [1.165, 1.54) is 0 Å². The highest BCUT2D eigenvalue weighted by molar-refractivity contribution is 5.79. The third-order valence-electron chi connectivity index (χ3n) is 3.02. The average Bonchev–Trinajstić information content (AvgIpc) is 2.73. The van der Waals surface area contributed by atoms with Crippen molar-refractivity contribution in [1.29, 1.82) is 0 Å². The molecule has 8 heteroatoms. The molecule has 0 aliphatic carbocycles. The number of ether oxygens (including phenoxy) is 2. The van der Waals surface area contributed by atoms with Gasteiger partial charge in [-0.3, -0.25) is 4.79 Å². The number of hydrogen-bond acceptors (Lipinski definition) is 4. The summed E-state index contributed by atoms with van der Waals surface area (Å²) in [5.74, 6) is -1.96. The molecule has 1 rings (SSSR count). The maximum Gasteiger partial charge on any atom is 0.508 e. The van der Waals surface area contributed by atoms with E-state index in [-0.39, 0.29) is 5.91 Å². The summed E-state index contributed by atoms with van der Waals surface area (Å²) in [4.78, 5) is 24.5. The van der Waals surface area contributed by atoms with Crippen molar-refractivity contribution in [2.75, 3.05) is 26.3 Å². The van der Waals surface area contributed by atoms with Crippen LogP contribution in [0.4, 0.5) is 18.0 Å². The molecule has 0 radical (unpaired) electrons. The molecule has 0 unspecified atom stereocenters. The van der Waals surface area contributed by atoms with Crippen molar-refractivity contribution in [3.05, 3.63) is 11.9 Å². The fourth-order valence-electron chi connectivity index (χ4n) is 1.89. The van der Waals surface area contributed by atoms with E-state index in [4.69, 9.17) is 0 Å². The first-order valence-electron chi connectivity index (χ1n) is 6.77. The van der Waals surface area contributed by atoms with Crippen LogP contribution in [-0.2, 0) is 14.3 Å². The SMILES string of the molecule is O=C(OCCC(F)=C(F)F)OCC(=O)N1CCCCCC1. The standard InChI is InChI=1S/C13H18F3NO4/c14-10(12(15)16)5-8-20-13(19)21-9-11(18)17-6-3-1-2-4-7-17/h1-9H2. The molecule has 0 N–H and O–H groups in total. The molecule has 1 saturated heterocycles. The van der Waals surface area contributed by atoms with Crippen molar-refractivity contribution in [3.8, 4) is 0 Å². The largest absolute Gasteiger partial charge is 0.508 e. The first-order chi connectivity index (χ1) is 10.0. The highest BCUT2D eigenvalue weighted by Crippen LogP contribution is 2.13. The number of rotatable bonds is 5. The van der Waals surface area contributed by atoms with Crippen molar-refractivity contribution in [3.63, 3.8) is 0 Å². The molecular formula is C13H18F3NO4. The summed E-state index contributed by atoms with van der Waals surface area (Å²) < 4.78 is 44.8. The monoisotopic (exact) mass is 309 g/mol. The van der Waals surface area contributed by atoms with Crippen LogP contribution in [0.25, 0.3) is 0 Å². The smallest absolute Gasteiger partial charge is 0.434 e. The number of carbonyl (C=O) groups is 2.